The molecule has 142 valence electrons. The van der Waals surface area contributed by atoms with Crippen molar-refractivity contribution in [3.8, 4) is 22.4 Å². The first kappa shape index (κ1) is 19.1. The molecule has 0 radical (unpaired) electrons. The average molecular weight is 386 g/mol. The van der Waals surface area contributed by atoms with Crippen molar-refractivity contribution in [1.82, 2.24) is 14.8 Å². The molecule has 0 fully saturated rings. The van der Waals surface area contributed by atoms with Gasteiger partial charge in [0.25, 0.3) is 0 Å². The van der Waals surface area contributed by atoms with Gasteiger partial charge in [-0.1, -0.05) is 12.1 Å². The summed E-state index contributed by atoms with van der Waals surface area (Å²) in [7, 11) is -3.38. The molecule has 0 spiro atoms. The second-order valence-electron chi connectivity index (χ2n) is 6.39. The molecule has 0 atom stereocenters. The summed E-state index contributed by atoms with van der Waals surface area (Å²) < 4.78 is 28.3. The number of sulfonamides is 1. The quantitative estimate of drug-likeness (QED) is 0.651. The monoisotopic (exact) mass is 386 g/mol. The van der Waals surface area contributed by atoms with Crippen LogP contribution in [0.4, 0.5) is 5.69 Å². The third-order valence-corrected chi connectivity index (χ3v) is 5.88. The zero-order chi connectivity index (χ0) is 19.4. The molecular weight excluding hydrogens is 364 g/mol. The van der Waals surface area contributed by atoms with Crippen molar-refractivity contribution in [2.75, 3.05) is 11.3 Å². The van der Waals surface area contributed by atoms with Crippen LogP contribution in [0.15, 0.2) is 55.0 Å². The fourth-order valence-corrected chi connectivity index (χ4v) is 3.27. The molecule has 8 heteroatoms. The molecule has 2 N–H and O–H groups in total. The van der Waals surface area contributed by atoms with E-state index in [0.717, 1.165) is 22.4 Å². The molecule has 3 rings (SSSR count). The van der Waals surface area contributed by atoms with Crippen LogP contribution in [0.5, 0.6) is 0 Å². The highest BCUT2D eigenvalue weighted by Gasteiger charge is 2.16. The van der Waals surface area contributed by atoms with Gasteiger partial charge in [0.2, 0.25) is 10.0 Å². The summed E-state index contributed by atoms with van der Waals surface area (Å²) in [6, 6.07) is 10.9. The number of anilines is 1. The summed E-state index contributed by atoms with van der Waals surface area (Å²) in [5, 5.41) is 13.3. The number of aliphatic hydroxyl groups excluding tert-OH is 1. The molecule has 0 aliphatic carbocycles. The molecule has 0 aliphatic rings. The van der Waals surface area contributed by atoms with E-state index in [1.54, 1.807) is 43.1 Å². The van der Waals surface area contributed by atoms with E-state index in [1.165, 1.54) is 0 Å². The molecule has 2 heterocycles. The van der Waals surface area contributed by atoms with Crippen LogP contribution in [0.25, 0.3) is 22.4 Å². The SMILES string of the molecule is CC(C)S(=O)(=O)Nc1ccc(-c2cn(CCO)nc2-c2ccncc2)cc1. The number of hydrogen-bond acceptors (Lipinski definition) is 5. The lowest BCUT2D eigenvalue weighted by Crippen LogP contribution is -2.22. The minimum absolute atomic E-state index is 0.00712. The van der Waals surface area contributed by atoms with E-state index in [1.807, 2.05) is 30.5 Å². The maximum atomic E-state index is 12.0. The minimum atomic E-state index is -3.38. The lowest BCUT2D eigenvalue weighted by molar-refractivity contribution is 0.269. The van der Waals surface area contributed by atoms with Crippen LogP contribution in [0.3, 0.4) is 0 Å². The van der Waals surface area contributed by atoms with Crippen LogP contribution in [-0.2, 0) is 16.6 Å². The Kier molecular flexibility index (Phi) is 5.57. The predicted octanol–water partition coefficient (Wildman–Crippen LogP) is 2.75. The summed E-state index contributed by atoms with van der Waals surface area (Å²) in [6.45, 7) is 3.65. The molecule has 1 aromatic carbocycles. The number of benzene rings is 1. The van der Waals surface area contributed by atoms with Gasteiger partial charge in [-0.15, -0.1) is 0 Å². The molecule has 0 bridgehead atoms. The number of rotatable bonds is 7. The number of aromatic nitrogens is 3. The third kappa shape index (κ3) is 4.35. The first-order valence-electron chi connectivity index (χ1n) is 8.61. The average Bonchev–Trinajstić information content (AvgIpc) is 3.07. The van der Waals surface area contributed by atoms with Gasteiger partial charge in [0.1, 0.15) is 5.69 Å². The van der Waals surface area contributed by atoms with Crippen molar-refractivity contribution >= 4 is 15.7 Å². The summed E-state index contributed by atoms with van der Waals surface area (Å²) in [5.41, 5.74) is 4.01. The molecule has 7 nitrogen and oxygen atoms in total. The van der Waals surface area contributed by atoms with Crippen LogP contribution in [-0.4, -0.2) is 40.1 Å². The van der Waals surface area contributed by atoms with E-state index in [9.17, 15) is 13.5 Å². The van der Waals surface area contributed by atoms with Crippen molar-refractivity contribution in [2.45, 2.75) is 25.6 Å². The largest absolute Gasteiger partial charge is 0.394 e. The van der Waals surface area contributed by atoms with E-state index in [-0.39, 0.29) is 6.61 Å². The Balaban J connectivity index is 1.96. The van der Waals surface area contributed by atoms with E-state index in [2.05, 4.69) is 14.8 Å². The zero-order valence-corrected chi connectivity index (χ0v) is 16.0. The van der Waals surface area contributed by atoms with Crippen LogP contribution < -0.4 is 4.72 Å². The Labute approximate surface area is 158 Å². The lowest BCUT2D eigenvalue weighted by atomic mass is 10.0. The van der Waals surface area contributed by atoms with Crippen molar-refractivity contribution in [2.24, 2.45) is 0 Å². The fourth-order valence-electron chi connectivity index (χ4n) is 2.57. The summed E-state index contributed by atoms with van der Waals surface area (Å²) in [6.07, 6.45) is 5.28. The predicted molar refractivity (Wildman–Crippen MR) is 106 cm³/mol. The van der Waals surface area contributed by atoms with Crippen LogP contribution in [0.2, 0.25) is 0 Å². The second kappa shape index (κ2) is 7.89. The van der Waals surface area contributed by atoms with E-state index < -0.39 is 15.3 Å². The van der Waals surface area contributed by atoms with Gasteiger partial charge in [0.05, 0.1) is 18.4 Å². The number of aliphatic hydroxyl groups is 1. The fraction of sp³-hybridized carbons (Fsp3) is 0.263. The topological polar surface area (TPSA) is 97.1 Å². The van der Waals surface area contributed by atoms with Gasteiger partial charge >= 0.3 is 0 Å². The van der Waals surface area contributed by atoms with Crippen molar-refractivity contribution in [1.29, 1.82) is 0 Å². The number of pyridine rings is 1. The van der Waals surface area contributed by atoms with E-state index in [4.69, 9.17) is 0 Å². The maximum Gasteiger partial charge on any atom is 0.235 e. The Bertz CT molecular complexity index is 997. The third-order valence-electron chi connectivity index (χ3n) is 4.12. The van der Waals surface area contributed by atoms with Gasteiger partial charge in [0, 0.05) is 35.4 Å². The summed E-state index contributed by atoms with van der Waals surface area (Å²) >= 11 is 0. The molecular formula is C19H22N4O3S. The van der Waals surface area contributed by atoms with Crippen LogP contribution in [0.1, 0.15) is 13.8 Å². The van der Waals surface area contributed by atoms with Crippen LogP contribution >= 0.6 is 0 Å². The zero-order valence-electron chi connectivity index (χ0n) is 15.2. The lowest BCUT2D eigenvalue weighted by Gasteiger charge is -2.11. The molecule has 27 heavy (non-hydrogen) atoms. The van der Waals surface area contributed by atoms with Crippen molar-refractivity contribution in [3.05, 3.63) is 55.0 Å². The van der Waals surface area contributed by atoms with Gasteiger partial charge < -0.3 is 5.11 Å². The number of nitrogens with one attached hydrogen (secondary N) is 1. The van der Waals surface area contributed by atoms with Crippen LogP contribution in [0, 0.1) is 0 Å². The minimum Gasteiger partial charge on any atom is -0.394 e. The first-order valence-corrected chi connectivity index (χ1v) is 10.2. The van der Waals surface area contributed by atoms with Crippen molar-refractivity contribution in [3.63, 3.8) is 0 Å². The molecule has 0 amide bonds. The van der Waals surface area contributed by atoms with Gasteiger partial charge in [-0.05, 0) is 43.7 Å². The van der Waals surface area contributed by atoms with Gasteiger partial charge in [-0.25, -0.2) is 8.42 Å². The van der Waals surface area contributed by atoms with Crippen molar-refractivity contribution < 1.29 is 13.5 Å². The number of nitrogens with zero attached hydrogens (tertiary/aromatic N) is 3. The summed E-state index contributed by atoms with van der Waals surface area (Å²) in [4.78, 5) is 4.04. The standard InChI is InChI=1S/C19H22N4O3S/c1-14(2)27(25,26)22-17-5-3-15(4-6-17)18-13-23(11-12-24)21-19(18)16-7-9-20-10-8-16/h3-10,13-14,22,24H,11-12H2,1-2H3. The summed E-state index contributed by atoms with van der Waals surface area (Å²) in [5.74, 6) is 0. The highest BCUT2D eigenvalue weighted by Crippen LogP contribution is 2.31. The highest BCUT2D eigenvalue weighted by molar-refractivity contribution is 7.93. The van der Waals surface area contributed by atoms with Gasteiger partial charge in [0.15, 0.2) is 0 Å². The molecule has 3 aromatic rings. The molecule has 0 aliphatic heterocycles. The Hall–Kier alpha value is -2.71. The van der Waals surface area contributed by atoms with E-state index >= 15 is 0 Å². The smallest absolute Gasteiger partial charge is 0.235 e. The molecule has 0 saturated heterocycles. The Morgan fingerprint density at radius 2 is 1.74 bits per heavy atom. The molecule has 0 unspecified atom stereocenters. The highest BCUT2D eigenvalue weighted by atomic mass is 32.2. The van der Waals surface area contributed by atoms with Gasteiger partial charge in [-0.3, -0.25) is 14.4 Å². The second-order valence-corrected chi connectivity index (χ2v) is 8.62. The molecule has 2 aromatic heterocycles. The first-order chi connectivity index (χ1) is 12.9. The number of hydrogen-bond donors (Lipinski definition) is 2. The van der Waals surface area contributed by atoms with E-state index in [0.29, 0.717) is 12.2 Å². The Morgan fingerprint density at radius 3 is 2.33 bits per heavy atom. The van der Waals surface area contributed by atoms with Gasteiger partial charge in [-0.2, -0.15) is 5.10 Å². The Morgan fingerprint density at radius 1 is 1.07 bits per heavy atom. The molecule has 0 saturated carbocycles. The maximum absolute atomic E-state index is 12.0. The normalized spacial score (nSPS) is 11.7.